The second kappa shape index (κ2) is 7.20. The van der Waals surface area contributed by atoms with Gasteiger partial charge in [0.15, 0.2) is 5.78 Å². The molecule has 1 aromatic rings. The van der Waals surface area contributed by atoms with E-state index < -0.39 is 47.4 Å². The number of Topliss-reactive ketones (excluding diaryl/α,β-unsaturated/α-hetero) is 1. The van der Waals surface area contributed by atoms with Gasteiger partial charge in [0.2, 0.25) is 0 Å². The lowest BCUT2D eigenvalue weighted by Crippen LogP contribution is -2.52. The first kappa shape index (κ1) is 17.1. The number of nitro groups is 1. The standard InChI is InChI=1S/C12H16N2O7/c13-9(12(19)11(18)8(16)5-15)10(17)6-3-1-2-4-7(6)14(20)21/h1-4,8-9,11-12,15-16,18-19H,5,13H2/t8-,9+,11-,12-/m1/s1. The molecule has 21 heavy (non-hydrogen) atoms. The van der Waals surface area contributed by atoms with Gasteiger partial charge in [-0.05, 0) is 6.07 Å². The van der Waals surface area contributed by atoms with E-state index in [2.05, 4.69) is 0 Å². The molecule has 9 heteroatoms. The maximum Gasteiger partial charge on any atom is 0.280 e. The fourth-order valence-electron chi connectivity index (χ4n) is 1.72. The van der Waals surface area contributed by atoms with Crippen LogP contribution in [0.2, 0.25) is 0 Å². The minimum Gasteiger partial charge on any atom is -0.394 e. The van der Waals surface area contributed by atoms with Crippen LogP contribution in [0.25, 0.3) is 0 Å². The van der Waals surface area contributed by atoms with Crippen molar-refractivity contribution >= 4 is 11.5 Å². The van der Waals surface area contributed by atoms with Crippen molar-refractivity contribution in [3.05, 3.63) is 39.9 Å². The van der Waals surface area contributed by atoms with Crippen LogP contribution in [0.15, 0.2) is 24.3 Å². The predicted molar refractivity (Wildman–Crippen MR) is 70.5 cm³/mol. The monoisotopic (exact) mass is 300 g/mol. The SMILES string of the molecule is N[C@@H](C(=O)c1ccccc1[N+](=O)[O-])[C@@H](O)[C@H](O)[C@H](O)CO. The van der Waals surface area contributed by atoms with E-state index in [-0.39, 0.29) is 5.56 Å². The number of nitro benzene ring substituents is 1. The number of carbonyl (C=O) groups excluding carboxylic acids is 1. The average molecular weight is 300 g/mol. The second-order valence-electron chi connectivity index (χ2n) is 4.40. The highest BCUT2D eigenvalue weighted by Crippen LogP contribution is 2.20. The van der Waals surface area contributed by atoms with Gasteiger partial charge in [-0.3, -0.25) is 14.9 Å². The maximum absolute atomic E-state index is 12.1. The molecule has 0 aliphatic carbocycles. The fraction of sp³-hybridized carbons (Fsp3) is 0.417. The van der Waals surface area contributed by atoms with E-state index in [0.29, 0.717) is 0 Å². The minimum absolute atomic E-state index is 0.320. The van der Waals surface area contributed by atoms with Crippen molar-refractivity contribution < 1.29 is 30.1 Å². The lowest BCUT2D eigenvalue weighted by atomic mass is 9.94. The van der Waals surface area contributed by atoms with Crippen molar-refractivity contribution in [1.82, 2.24) is 0 Å². The Hall–Kier alpha value is -1.91. The smallest absolute Gasteiger partial charge is 0.280 e. The van der Waals surface area contributed by atoms with Crippen molar-refractivity contribution in [2.75, 3.05) is 6.61 Å². The number of aliphatic hydroxyl groups is 4. The number of hydrogen-bond donors (Lipinski definition) is 5. The summed E-state index contributed by atoms with van der Waals surface area (Å²) in [5.41, 5.74) is 4.68. The van der Waals surface area contributed by atoms with Crippen LogP contribution in [0.5, 0.6) is 0 Å². The molecular weight excluding hydrogens is 284 g/mol. The van der Waals surface area contributed by atoms with Crippen LogP contribution in [0, 0.1) is 10.1 Å². The third kappa shape index (κ3) is 3.80. The van der Waals surface area contributed by atoms with Crippen molar-refractivity contribution in [3.8, 4) is 0 Å². The van der Waals surface area contributed by atoms with Crippen LogP contribution in [0.3, 0.4) is 0 Å². The van der Waals surface area contributed by atoms with Crippen molar-refractivity contribution in [1.29, 1.82) is 0 Å². The maximum atomic E-state index is 12.1. The average Bonchev–Trinajstić information content (AvgIpc) is 2.50. The van der Waals surface area contributed by atoms with E-state index in [4.69, 9.17) is 10.8 Å². The molecule has 0 unspecified atom stereocenters. The zero-order valence-corrected chi connectivity index (χ0v) is 10.9. The molecule has 0 aliphatic rings. The molecule has 0 heterocycles. The number of para-hydroxylation sites is 1. The Morgan fingerprint density at radius 3 is 2.33 bits per heavy atom. The van der Waals surface area contributed by atoms with Crippen molar-refractivity contribution in [2.24, 2.45) is 5.73 Å². The lowest BCUT2D eigenvalue weighted by molar-refractivity contribution is -0.385. The summed E-state index contributed by atoms with van der Waals surface area (Å²) in [6.45, 7) is -0.843. The molecule has 0 fully saturated rings. The third-order valence-electron chi connectivity index (χ3n) is 2.97. The Morgan fingerprint density at radius 1 is 1.24 bits per heavy atom. The first-order valence-corrected chi connectivity index (χ1v) is 5.99. The van der Waals surface area contributed by atoms with E-state index in [9.17, 15) is 30.2 Å². The van der Waals surface area contributed by atoms with Gasteiger partial charge in [-0.1, -0.05) is 12.1 Å². The number of benzene rings is 1. The minimum atomic E-state index is -1.89. The van der Waals surface area contributed by atoms with Gasteiger partial charge in [-0.15, -0.1) is 0 Å². The molecule has 0 spiro atoms. The van der Waals surface area contributed by atoms with Crippen molar-refractivity contribution in [3.63, 3.8) is 0 Å². The Morgan fingerprint density at radius 2 is 1.81 bits per heavy atom. The van der Waals surface area contributed by atoms with Gasteiger partial charge in [0, 0.05) is 6.07 Å². The molecule has 1 rings (SSSR count). The number of rotatable bonds is 7. The molecule has 0 radical (unpaired) electrons. The van der Waals surface area contributed by atoms with E-state index in [0.717, 1.165) is 6.07 Å². The highest BCUT2D eigenvalue weighted by Gasteiger charge is 2.35. The molecule has 0 saturated carbocycles. The summed E-state index contributed by atoms with van der Waals surface area (Å²) in [6.07, 6.45) is -5.44. The topological polar surface area (TPSA) is 167 Å². The molecule has 0 aliphatic heterocycles. The predicted octanol–water partition coefficient (Wildman–Crippen LogP) is -1.82. The van der Waals surface area contributed by atoms with Crippen molar-refractivity contribution in [2.45, 2.75) is 24.4 Å². The van der Waals surface area contributed by atoms with Gasteiger partial charge in [-0.25, -0.2) is 0 Å². The Bertz CT molecular complexity index is 522. The highest BCUT2D eigenvalue weighted by molar-refractivity contribution is 6.03. The van der Waals surface area contributed by atoms with Crippen LogP contribution in [-0.4, -0.2) is 62.1 Å². The van der Waals surface area contributed by atoms with E-state index in [1.54, 1.807) is 0 Å². The van der Waals surface area contributed by atoms with Crippen LogP contribution >= 0.6 is 0 Å². The zero-order valence-electron chi connectivity index (χ0n) is 10.9. The summed E-state index contributed by atoms with van der Waals surface area (Å²) in [5, 5.41) is 47.9. The third-order valence-corrected chi connectivity index (χ3v) is 2.97. The number of nitrogens with two attached hydrogens (primary N) is 1. The molecule has 1 aromatic carbocycles. The Balaban J connectivity index is 3.01. The van der Waals surface area contributed by atoms with Gasteiger partial charge in [0.05, 0.1) is 23.1 Å². The number of ketones is 1. The summed E-state index contributed by atoms with van der Waals surface area (Å²) in [4.78, 5) is 22.1. The Labute approximate surface area is 119 Å². The molecule has 116 valence electrons. The zero-order chi connectivity index (χ0) is 16.2. The number of nitrogens with zero attached hydrogens (tertiary/aromatic N) is 1. The Kier molecular flexibility index (Phi) is 5.88. The first-order valence-electron chi connectivity index (χ1n) is 5.99. The summed E-state index contributed by atoms with van der Waals surface area (Å²) < 4.78 is 0. The molecule has 0 bridgehead atoms. The van der Waals surface area contributed by atoms with Gasteiger partial charge in [0.25, 0.3) is 5.69 Å². The molecule has 0 saturated heterocycles. The van der Waals surface area contributed by atoms with E-state index >= 15 is 0 Å². The summed E-state index contributed by atoms with van der Waals surface area (Å²) in [6, 6.07) is 3.33. The first-order chi connectivity index (χ1) is 9.81. The van der Waals surface area contributed by atoms with E-state index in [1.165, 1.54) is 18.2 Å². The van der Waals surface area contributed by atoms with E-state index in [1.807, 2.05) is 0 Å². The molecule has 0 amide bonds. The van der Waals surface area contributed by atoms with Gasteiger partial charge in [-0.2, -0.15) is 0 Å². The van der Waals surface area contributed by atoms with Gasteiger partial charge in [0.1, 0.15) is 18.3 Å². The van der Waals surface area contributed by atoms with Crippen LogP contribution in [0.1, 0.15) is 10.4 Å². The molecular formula is C12H16N2O7. The molecule has 9 nitrogen and oxygen atoms in total. The molecule has 4 atom stereocenters. The lowest BCUT2D eigenvalue weighted by Gasteiger charge is -2.25. The number of hydrogen-bond acceptors (Lipinski definition) is 8. The summed E-state index contributed by atoms with van der Waals surface area (Å²) in [5.74, 6) is -0.959. The normalized spacial score (nSPS) is 16.8. The molecule has 6 N–H and O–H groups in total. The second-order valence-corrected chi connectivity index (χ2v) is 4.40. The van der Waals surface area contributed by atoms with Crippen LogP contribution in [-0.2, 0) is 0 Å². The van der Waals surface area contributed by atoms with Crippen LogP contribution in [0.4, 0.5) is 5.69 Å². The van der Waals surface area contributed by atoms with Crippen LogP contribution < -0.4 is 5.73 Å². The highest BCUT2D eigenvalue weighted by atomic mass is 16.6. The van der Waals surface area contributed by atoms with Gasteiger partial charge >= 0.3 is 0 Å². The summed E-state index contributed by atoms with van der Waals surface area (Å²) >= 11 is 0. The quantitative estimate of drug-likeness (QED) is 0.223. The fourth-order valence-corrected chi connectivity index (χ4v) is 1.72. The number of carbonyl (C=O) groups is 1. The van der Waals surface area contributed by atoms with Gasteiger partial charge < -0.3 is 26.2 Å². The summed E-state index contributed by atoms with van der Waals surface area (Å²) in [7, 11) is 0. The number of aliphatic hydroxyl groups excluding tert-OH is 4. The largest absolute Gasteiger partial charge is 0.394 e. The molecule has 0 aromatic heterocycles.